The maximum atomic E-state index is 10.4. The van der Waals surface area contributed by atoms with Crippen LogP contribution in [-0.2, 0) is 25.9 Å². The van der Waals surface area contributed by atoms with E-state index in [2.05, 4.69) is 10.2 Å². The number of rotatable bonds is 4. The Morgan fingerprint density at radius 3 is 1.55 bits per heavy atom. The van der Waals surface area contributed by atoms with Gasteiger partial charge in [0, 0.05) is 37.1 Å². The van der Waals surface area contributed by atoms with E-state index in [-0.39, 0.29) is 0 Å². The summed E-state index contributed by atoms with van der Waals surface area (Å²) in [7, 11) is 0. The molecule has 2 aromatic heterocycles. The second-order valence-electron chi connectivity index (χ2n) is 7.10. The molecule has 5 rings (SSSR count). The highest BCUT2D eigenvalue weighted by Crippen LogP contribution is 2.39. The first kappa shape index (κ1) is 12.6. The van der Waals surface area contributed by atoms with Crippen LogP contribution in [0.2, 0.25) is 0 Å². The molecule has 0 unspecified atom stereocenters. The minimum absolute atomic E-state index is 0.295. The Morgan fingerprint density at radius 2 is 1.18 bits per heavy atom. The number of nitrogens with zero attached hydrogens (tertiary/aromatic N) is 4. The summed E-state index contributed by atoms with van der Waals surface area (Å²) in [6.45, 7) is 1.62. The Morgan fingerprint density at radius 1 is 0.773 bits per heavy atom. The molecule has 2 aromatic rings. The summed E-state index contributed by atoms with van der Waals surface area (Å²) in [5.74, 6) is 1.93. The lowest BCUT2D eigenvalue weighted by molar-refractivity contribution is 0.384. The third kappa shape index (κ3) is 1.93. The first-order chi connectivity index (χ1) is 10.7. The molecule has 0 amide bonds. The van der Waals surface area contributed by atoms with Gasteiger partial charge in [-0.05, 0) is 37.5 Å². The monoisotopic (exact) mass is 300 g/mol. The van der Waals surface area contributed by atoms with Crippen LogP contribution in [-0.4, -0.2) is 29.8 Å². The van der Waals surface area contributed by atoms with Gasteiger partial charge < -0.3 is 10.2 Å². The molecule has 0 atom stereocenters. The van der Waals surface area contributed by atoms with Gasteiger partial charge in [0.15, 0.2) is 0 Å². The molecule has 2 N–H and O–H groups in total. The van der Waals surface area contributed by atoms with E-state index < -0.39 is 0 Å². The molecule has 0 radical (unpaired) electrons. The zero-order valence-electron chi connectivity index (χ0n) is 12.5. The molecule has 22 heavy (non-hydrogen) atoms. The highest BCUT2D eigenvalue weighted by Gasteiger charge is 2.32. The van der Waals surface area contributed by atoms with Crippen LogP contribution in [0.3, 0.4) is 0 Å². The van der Waals surface area contributed by atoms with Crippen molar-refractivity contribution in [2.24, 2.45) is 11.8 Å². The lowest BCUT2D eigenvalue weighted by Crippen LogP contribution is -2.05. The molecule has 6 heteroatoms. The zero-order valence-corrected chi connectivity index (χ0v) is 12.5. The third-order valence-electron chi connectivity index (χ3n) is 5.15. The number of hydrogen-bond acceptors (Lipinski definition) is 4. The summed E-state index contributed by atoms with van der Waals surface area (Å²) in [6, 6.07) is 0. The van der Waals surface area contributed by atoms with Gasteiger partial charge in [0.05, 0.1) is 11.4 Å². The Labute approximate surface area is 128 Å². The van der Waals surface area contributed by atoms with Crippen LogP contribution in [0.5, 0.6) is 11.8 Å². The second kappa shape index (κ2) is 4.27. The van der Waals surface area contributed by atoms with Crippen molar-refractivity contribution in [3.8, 4) is 11.8 Å². The van der Waals surface area contributed by atoms with Crippen LogP contribution in [0, 0.1) is 11.8 Å². The SMILES string of the molecule is Oc1c2c(nn1CC1CC1)Cc1c(nn(CC3CC3)c1O)C2. The summed E-state index contributed by atoms with van der Waals surface area (Å²) in [4.78, 5) is 0. The largest absolute Gasteiger partial charge is 0.493 e. The van der Waals surface area contributed by atoms with E-state index in [9.17, 15) is 10.2 Å². The van der Waals surface area contributed by atoms with Crippen molar-refractivity contribution >= 4 is 0 Å². The van der Waals surface area contributed by atoms with Gasteiger partial charge in [0.25, 0.3) is 0 Å². The van der Waals surface area contributed by atoms with Crippen molar-refractivity contribution in [3.05, 3.63) is 22.5 Å². The van der Waals surface area contributed by atoms with E-state index >= 15 is 0 Å². The molecule has 2 heterocycles. The molecule has 3 aliphatic carbocycles. The first-order valence-corrected chi connectivity index (χ1v) is 8.24. The fourth-order valence-electron chi connectivity index (χ4n) is 3.40. The van der Waals surface area contributed by atoms with Gasteiger partial charge in [0.1, 0.15) is 0 Å². The molecule has 3 aliphatic rings. The highest BCUT2D eigenvalue weighted by atomic mass is 16.3. The molecule has 2 fully saturated rings. The van der Waals surface area contributed by atoms with E-state index in [1.165, 1.54) is 25.7 Å². The topological polar surface area (TPSA) is 76.1 Å². The van der Waals surface area contributed by atoms with Crippen molar-refractivity contribution in [1.29, 1.82) is 0 Å². The van der Waals surface area contributed by atoms with Crippen LogP contribution >= 0.6 is 0 Å². The Kier molecular flexibility index (Phi) is 2.44. The van der Waals surface area contributed by atoms with Crippen molar-refractivity contribution in [3.63, 3.8) is 0 Å². The predicted octanol–water partition coefficient (Wildman–Crippen LogP) is 1.81. The van der Waals surface area contributed by atoms with Crippen molar-refractivity contribution in [2.45, 2.75) is 51.6 Å². The van der Waals surface area contributed by atoms with Gasteiger partial charge in [-0.2, -0.15) is 10.2 Å². The van der Waals surface area contributed by atoms with Gasteiger partial charge in [-0.25, -0.2) is 9.36 Å². The van der Waals surface area contributed by atoms with Crippen LogP contribution in [0.15, 0.2) is 0 Å². The second-order valence-corrected chi connectivity index (χ2v) is 7.10. The molecular formula is C16H20N4O2. The average Bonchev–Trinajstić information content (AvgIpc) is 3.40. The minimum atomic E-state index is 0.295. The summed E-state index contributed by atoms with van der Waals surface area (Å²) < 4.78 is 3.48. The Balaban J connectivity index is 1.47. The van der Waals surface area contributed by atoms with Crippen molar-refractivity contribution < 1.29 is 10.2 Å². The fraction of sp³-hybridized carbons (Fsp3) is 0.625. The van der Waals surface area contributed by atoms with E-state index in [0.717, 1.165) is 35.6 Å². The maximum absolute atomic E-state index is 10.4. The summed E-state index contributed by atoms with van der Waals surface area (Å²) in [5.41, 5.74) is 3.58. The predicted molar refractivity (Wildman–Crippen MR) is 78.8 cm³/mol. The van der Waals surface area contributed by atoms with Gasteiger partial charge in [-0.15, -0.1) is 0 Å². The molecule has 6 nitrogen and oxygen atoms in total. The minimum Gasteiger partial charge on any atom is -0.493 e. The summed E-state index contributed by atoms with van der Waals surface area (Å²) in [6.07, 6.45) is 6.09. The molecule has 0 saturated heterocycles. The number of hydrogen-bond donors (Lipinski definition) is 2. The quantitative estimate of drug-likeness (QED) is 0.770. The average molecular weight is 300 g/mol. The molecule has 0 aliphatic heterocycles. The van der Waals surface area contributed by atoms with E-state index in [1.54, 1.807) is 9.36 Å². The lowest BCUT2D eigenvalue weighted by Gasteiger charge is -2.08. The fourth-order valence-corrected chi connectivity index (χ4v) is 3.40. The summed E-state index contributed by atoms with van der Waals surface area (Å²) in [5, 5.41) is 30.0. The van der Waals surface area contributed by atoms with Gasteiger partial charge >= 0.3 is 0 Å². The summed E-state index contributed by atoms with van der Waals surface area (Å²) >= 11 is 0. The van der Waals surface area contributed by atoms with Crippen molar-refractivity contribution in [1.82, 2.24) is 19.6 Å². The van der Waals surface area contributed by atoms with E-state index in [4.69, 9.17) is 0 Å². The first-order valence-electron chi connectivity index (χ1n) is 8.24. The van der Waals surface area contributed by atoms with Crippen LogP contribution in [0.25, 0.3) is 0 Å². The van der Waals surface area contributed by atoms with Crippen LogP contribution < -0.4 is 0 Å². The number of aromatic nitrogens is 4. The van der Waals surface area contributed by atoms with Crippen LogP contribution in [0.1, 0.15) is 48.2 Å². The van der Waals surface area contributed by atoms with Crippen LogP contribution in [0.4, 0.5) is 0 Å². The standard InChI is InChI=1S/C16H20N4O2/c21-15-11-5-14-12(16(22)20(18-14)8-10-3-4-10)6-13(11)17-19(15)7-9-1-2-9/h9-10,21-22H,1-8H2. The number of aromatic hydroxyl groups is 2. The Hall–Kier alpha value is -1.98. The van der Waals surface area contributed by atoms with Crippen molar-refractivity contribution in [2.75, 3.05) is 0 Å². The molecule has 0 spiro atoms. The van der Waals surface area contributed by atoms with E-state index in [1.807, 2.05) is 0 Å². The smallest absolute Gasteiger partial charge is 0.213 e. The molecule has 2 saturated carbocycles. The Bertz CT molecular complexity index is 689. The van der Waals surface area contributed by atoms with Gasteiger partial charge in [-0.3, -0.25) is 0 Å². The highest BCUT2D eigenvalue weighted by molar-refractivity contribution is 5.47. The molecule has 116 valence electrons. The molecular weight excluding hydrogens is 280 g/mol. The van der Waals surface area contributed by atoms with E-state index in [0.29, 0.717) is 36.4 Å². The third-order valence-corrected chi connectivity index (χ3v) is 5.15. The van der Waals surface area contributed by atoms with Gasteiger partial charge in [-0.1, -0.05) is 0 Å². The normalized spacial score (nSPS) is 20.0. The maximum Gasteiger partial charge on any atom is 0.213 e. The zero-order chi connectivity index (χ0) is 14.8. The number of fused-ring (bicyclic) bond motifs is 2. The molecule has 0 aromatic carbocycles. The van der Waals surface area contributed by atoms with Gasteiger partial charge in [0.2, 0.25) is 11.8 Å². The lowest BCUT2D eigenvalue weighted by atomic mass is 9.95. The molecule has 0 bridgehead atoms.